The number of rotatable bonds is 10. The lowest BCUT2D eigenvalue weighted by molar-refractivity contribution is 0.111. The molecule has 0 aliphatic rings. The van der Waals surface area contributed by atoms with Crippen molar-refractivity contribution in [2.24, 2.45) is 0 Å². The van der Waals surface area contributed by atoms with E-state index in [0.29, 0.717) is 25.2 Å². The molecule has 1 N–H and O–H groups in total. The fourth-order valence-corrected chi connectivity index (χ4v) is 8.78. The Hall–Kier alpha value is -3.04. The number of ether oxygens (including phenoxy) is 2. The molecule has 0 saturated heterocycles. The highest BCUT2D eigenvalue weighted by Gasteiger charge is 2.49. The Kier molecular flexibility index (Phi) is 9.56. The molecular weight excluding hydrogens is 452 g/mol. The first-order chi connectivity index (χ1) is 16.9. The molecule has 0 saturated carbocycles. The smallest absolute Gasteiger partial charge is 0.261 e. The molecule has 0 bridgehead atoms. The molecule has 0 aliphatic heterocycles. The third-order valence-corrected chi connectivity index (χ3v) is 11.0. The maximum atomic E-state index is 10.2. The zero-order chi connectivity index (χ0) is 25.2. The van der Waals surface area contributed by atoms with E-state index < -0.39 is 14.4 Å². The van der Waals surface area contributed by atoms with Crippen molar-refractivity contribution in [3.63, 3.8) is 0 Å². The van der Waals surface area contributed by atoms with Gasteiger partial charge in [-0.2, -0.15) is 0 Å². The second kappa shape index (κ2) is 12.6. The highest BCUT2D eigenvalue weighted by molar-refractivity contribution is 6.99. The monoisotopic (exact) mass is 488 g/mol. The average Bonchev–Trinajstić information content (AvgIpc) is 2.87. The Morgan fingerprint density at radius 1 is 0.800 bits per heavy atom. The van der Waals surface area contributed by atoms with Crippen LogP contribution in [0.3, 0.4) is 0 Å². The highest BCUT2D eigenvalue weighted by atomic mass is 28.4. The molecule has 4 nitrogen and oxygen atoms in total. The van der Waals surface area contributed by atoms with Gasteiger partial charge in [-0.15, -0.1) is 11.8 Å². The fourth-order valence-electron chi connectivity index (χ4n) is 4.22. The molecule has 0 radical (unpaired) electrons. The van der Waals surface area contributed by atoms with Gasteiger partial charge in [0.1, 0.15) is 18.1 Å². The van der Waals surface area contributed by atoms with Crippen LogP contribution in [-0.2, 0) is 4.43 Å². The van der Waals surface area contributed by atoms with Crippen molar-refractivity contribution < 1.29 is 19.0 Å². The average molecular weight is 489 g/mol. The minimum absolute atomic E-state index is 0.0574. The molecule has 5 heteroatoms. The van der Waals surface area contributed by atoms with Crippen molar-refractivity contribution in [1.29, 1.82) is 0 Å². The van der Waals surface area contributed by atoms with E-state index in [1.807, 2.05) is 36.4 Å². The van der Waals surface area contributed by atoms with Gasteiger partial charge in [-0.1, -0.05) is 81.4 Å². The quantitative estimate of drug-likeness (QED) is 0.253. The summed E-state index contributed by atoms with van der Waals surface area (Å²) >= 11 is 0. The third-order valence-electron chi connectivity index (χ3n) is 5.93. The van der Waals surface area contributed by atoms with Gasteiger partial charge in [0.05, 0.1) is 13.2 Å². The molecule has 3 aromatic rings. The number of methoxy groups -OCH3 is 1. The minimum atomic E-state index is -2.53. The molecule has 0 aromatic heterocycles. The normalized spacial score (nSPS) is 12.4. The first-order valence-corrected chi connectivity index (χ1v) is 13.9. The molecule has 35 heavy (non-hydrogen) atoms. The number of aliphatic hydroxyl groups excluding tert-OH is 1. The van der Waals surface area contributed by atoms with E-state index in [2.05, 4.69) is 81.1 Å². The lowest BCUT2D eigenvalue weighted by Gasteiger charge is -2.43. The van der Waals surface area contributed by atoms with E-state index in [9.17, 15) is 5.11 Å². The first-order valence-electron chi connectivity index (χ1n) is 12.0. The zero-order valence-corrected chi connectivity index (χ0v) is 22.2. The zero-order valence-electron chi connectivity index (χ0n) is 21.2. The van der Waals surface area contributed by atoms with Crippen molar-refractivity contribution >= 4 is 18.7 Å². The molecule has 1 unspecified atom stereocenters. The number of benzene rings is 3. The topological polar surface area (TPSA) is 47.9 Å². The lowest BCUT2D eigenvalue weighted by Crippen LogP contribution is -2.66. The van der Waals surface area contributed by atoms with E-state index in [1.165, 1.54) is 10.4 Å². The summed E-state index contributed by atoms with van der Waals surface area (Å²) in [6.07, 6.45) is 0.313. The van der Waals surface area contributed by atoms with Crippen LogP contribution >= 0.6 is 0 Å². The van der Waals surface area contributed by atoms with E-state index in [1.54, 1.807) is 7.11 Å². The van der Waals surface area contributed by atoms with E-state index >= 15 is 0 Å². The molecule has 1 atom stereocenters. The fraction of sp³-hybridized carbons (Fsp3) is 0.333. The van der Waals surface area contributed by atoms with Crippen molar-refractivity contribution in [2.45, 2.75) is 44.8 Å². The minimum Gasteiger partial charge on any atom is -0.497 e. The maximum Gasteiger partial charge on any atom is 0.261 e. The summed E-state index contributed by atoms with van der Waals surface area (Å²) in [5.41, 5.74) is 0. The second-order valence-electron chi connectivity index (χ2n) is 9.46. The summed E-state index contributed by atoms with van der Waals surface area (Å²) in [7, 11) is -0.912. The molecule has 0 aliphatic carbocycles. The van der Waals surface area contributed by atoms with Crippen molar-refractivity contribution in [2.75, 3.05) is 20.3 Å². The van der Waals surface area contributed by atoms with Gasteiger partial charge in [-0.05, 0) is 39.7 Å². The van der Waals surface area contributed by atoms with Crippen LogP contribution in [0.1, 0.15) is 33.6 Å². The van der Waals surface area contributed by atoms with Gasteiger partial charge < -0.3 is 19.0 Å². The summed E-state index contributed by atoms with van der Waals surface area (Å²) in [6, 6.07) is 28.5. The largest absolute Gasteiger partial charge is 0.497 e. The number of aliphatic hydroxyl groups is 1. The Morgan fingerprint density at radius 3 is 1.86 bits per heavy atom. The Labute approximate surface area is 211 Å². The predicted octanol–water partition coefficient (Wildman–Crippen LogP) is 4.80. The molecule has 3 aromatic carbocycles. The first kappa shape index (κ1) is 26.6. The summed E-state index contributed by atoms with van der Waals surface area (Å²) in [5, 5.41) is 12.7. The van der Waals surface area contributed by atoms with Crippen LogP contribution < -0.4 is 19.8 Å². The van der Waals surface area contributed by atoms with Gasteiger partial charge in [0.25, 0.3) is 8.32 Å². The lowest BCUT2D eigenvalue weighted by atomic mass is 10.2. The van der Waals surface area contributed by atoms with Crippen LogP contribution in [-0.4, -0.2) is 39.9 Å². The number of hydrogen-bond donors (Lipinski definition) is 1. The van der Waals surface area contributed by atoms with Gasteiger partial charge in [0.2, 0.25) is 0 Å². The van der Waals surface area contributed by atoms with Crippen molar-refractivity contribution in [3.05, 3.63) is 84.9 Å². The molecular formula is C30H36O4Si. The Balaban J connectivity index is 1.59. The van der Waals surface area contributed by atoms with Crippen LogP contribution in [0, 0.1) is 11.8 Å². The Morgan fingerprint density at radius 2 is 1.34 bits per heavy atom. The molecule has 3 rings (SSSR count). The maximum absolute atomic E-state index is 10.2. The van der Waals surface area contributed by atoms with Crippen LogP contribution in [0.5, 0.6) is 11.5 Å². The predicted molar refractivity (Wildman–Crippen MR) is 145 cm³/mol. The van der Waals surface area contributed by atoms with Crippen LogP contribution in [0.2, 0.25) is 5.04 Å². The third kappa shape index (κ3) is 6.99. The van der Waals surface area contributed by atoms with E-state index in [-0.39, 0.29) is 11.6 Å². The van der Waals surface area contributed by atoms with E-state index in [4.69, 9.17) is 13.9 Å². The summed E-state index contributed by atoms with van der Waals surface area (Å²) in [6.45, 7) is 7.54. The molecule has 0 heterocycles. The van der Waals surface area contributed by atoms with Crippen LogP contribution in [0.4, 0.5) is 0 Å². The Bertz CT molecular complexity index is 1040. The standard InChI is InChI=1S/C30H36O4Si/c1-30(2,3)35(28-15-9-5-10-16-28,29-17-11-6-12-18-29)34-23-13-7-8-14-25(31)24-33-27-21-19-26(32-4)20-22-27/h5-6,9-12,15-22,25,31H,13-14,23-24H2,1-4H3. The van der Waals surface area contributed by atoms with Gasteiger partial charge >= 0.3 is 0 Å². The summed E-state index contributed by atoms with van der Waals surface area (Å²) < 4.78 is 17.6. The van der Waals surface area contributed by atoms with Crippen molar-refractivity contribution in [3.8, 4) is 23.3 Å². The SMILES string of the molecule is COc1ccc(OCC(O)CC#CCCO[Si](c2ccccc2)(c2ccccc2)C(C)(C)C)cc1. The summed E-state index contributed by atoms with van der Waals surface area (Å²) in [5.74, 6) is 7.71. The molecule has 0 spiro atoms. The second-order valence-corrected chi connectivity index (χ2v) is 13.8. The van der Waals surface area contributed by atoms with Gasteiger partial charge in [0, 0.05) is 19.4 Å². The van der Waals surface area contributed by atoms with Crippen LogP contribution in [0.15, 0.2) is 84.9 Å². The van der Waals surface area contributed by atoms with Crippen molar-refractivity contribution in [1.82, 2.24) is 0 Å². The van der Waals surface area contributed by atoms with Gasteiger partial charge in [0.15, 0.2) is 0 Å². The van der Waals surface area contributed by atoms with Gasteiger partial charge in [-0.3, -0.25) is 0 Å². The van der Waals surface area contributed by atoms with E-state index in [0.717, 1.165) is 5.75 Å². The molecule has 0 fully saturated rings. The molecule has 184 valence electrons. The van der Waals surface area contributed by atoms with Gasteiger partial charge in [-0.25, -0.2) is 0 Å². The highest BCUT2D eigenvalue weighted by Crippen LogP contribution is 2.36. The molecule has 0 amide bonds. The summed E-state index contributed by atoms with van der Waals surface area (Å²) in [4.78, 5) is 0. The van der Waals surface area contributed by atoms with Crippen LogP contribution in [0.25, 0.3) is 0 Å². The number of hydrogen-bond acceptors (Lipinski definition) is 4.